The number of nitrogens with two attached hydrogens (primary N) is 1. The zero-order valence-electron chi connectivity index (χ0n) is 7.59. The topological polar surface area (TPSA) is 62.8 Å². The lowest BCUT2D eigenvalue weighted by Crippen LogP contribution is -2.12. The van der Waals surface area contributed by atoms with Gasteiger partial charge in [-0.1, -0.05) is 29.3 Å². The molecule has 0 fully saturated rings. The highest BCUT2D eigenvalue weighted by Crippen LogP contribution is 2.25. The van der Waals surface area contributed by atoms with Crippen LogP contribution in [0.2, 0.25) is 10.0 Å². The third-order valence-corrected chi connectivity index (χ3v) is 2.56. The van der Waals surface area contributed by atoms with Crippen LogP contribution >= 0.6 is 23.2 Å². The van der Waals surface area contributed by atoms with Crippen molar-refractivity contribution in [3.63, 3.8) is 0 Å². The van der Waals surface area contributed by atoms with Crippen LogP contribution in [0.4, 0.5) is 0 Å². The van der Waals surface area contributed by atoms with Gasteiger partial charge in [-0.25, -0.2) is 0 Å². The normalized spacial score (nSPS) is 10.5. The molecule has 0 spiro atoms. The number of benzene rings is 1. The van der Waals surface area contributed by atoms with Crippen molar-refractivity contribution in [1.82, 2.24) is 4.98 Å². The smallest absolute Gasteiger partial charge is 0.126 e. The van der Waals surface area contributed by atoms with Crippen LogP contribution in [0.5, 0.6) is 0 Å². The monoisotopic (exact) mass is 239 g/mol. The Kier molecular flexibility index (Phi) is 2.50. The molecule has 0 unspecified atom stereocenters. The van der Waals surface area contributed by atoms with Crippen LogP contribution in [-0.4, -0.2) is 10.8 Å². The quantitative estimate of drug-likeness (QED) is 0.594. The van der Waals surface area contributed by atoms with Crippen LogP contribution in [0.3, 0.4) is 0 Å². The van der Waals surface area contributed by atoms with Gasteiger partial charge in [-0.05, 0) is 12.1 Å². The second-order valence-electron chi connectivity index (χ2n) is 3.06. The van der Waals surface area contributed by atoms with Gasteiger partial charge in [0.25, 0.3) is 0 Å². The summed E-state index contributed by atoms with van der Waals surface area (Å²) < 4.78 is 0. The van der Waals surface area contributed by atoms with E-state index in [0.29, 0.717) is 21.1 Å². The fourth-order valence-electron chi connectivity index (χ4n) is 1.41. The molecule has 0 aliphatic rings. The number of nitrogens with one attached hydrogen (secondary N) is 1. The first kappa shape index (κ1) is 10.2. The number of hydrogen-bond acceptors (Lipinski definition) is 2. The molecule has 0 bridgehead atoms. The van der Waals surface area contributed by atoms with Crippen LogP contribution in [-0.2, 0) is 0 Å². The lowest BCUT2D eigenvalue weighted by atomic mass is 10.1. The lowest BCUT2D eigenvalue weighted by Gasteiger charge is -2.06. The van der Waals surface area contributed by atoms with E-state index >= 15 is 0 Å². The van der Waals surface area contributed by atoms with E-state index in [1.165, 1.54) is 6.20 Å². The minimum Gasteiger partial charge on any atom is -0.384 e. The first-order chi connectivity index (χ1) is 7.09. The largest absolute Gasteiger partial charge is 0.384 e. The Morgan fingerprint density at radius 3 is 2.73 bits per heavy atom. The third-order valence-electron chi connectivity index (χ3n) is 2.04. The van der Waals surface area contributed by atoms with Gasteiger partial charge in [-0.3, -0.25) is 10.4 Å². The molecule has 0 radical (unpaired) electrons. The van der Waals surface area contributed by atoms with Crippen molar-refractivity contribution in [2.75, 3.05) is 0 Å². The molecule has 76 valence electrons. The van der Waals surface area contributed by atoms with Gasteiger partial charge >= 0.3 is 0 Å². The highest BCUT2D eigenvalue weighted by atomic mass is 35.5. The van der Waals surface area contributed by atoms with E-state index in [1.54, 1.807) is 18.2 Å². The fraction of sp³-hybridized carbons (Fsp3) is 0. The summed E-state index contributed by atoms with van der Waals surface area (Å²) >= 11 is 11.8. The van der Waals surface area contributed by atoms with Crippen LogP contribution in [0.25, 0.3) is 10.9 Å². The molecular formula is C10H7Cl2N3. The molecule has 0 amide bonds. The molecule has 0 atom stereocenters. The summed E-state index contributed by atoms with van der Waals surface area (Å²) in [5.74, 6) is -0.0968. The molecule has 2 aromatic rings. The minimum absolute atomic E-state index is 0.0968. The Balaban J connectivity index is 2.88. The predicted octanol–water partition coefficient (Wildman–Crippen LogP) is 2.83. The summed E-state index contributed by atoms with van der Waals surface area (Å²) in [6, 6.07) is 5.23. The third kappa shape index (κ3) is 1.76. The van der Waals surface area contributed by atoms with Crippen molar-refractivity contribution < 1.29 is 0 Å². The molecule has 3 nitrogen and oxygen atoms in total. The molecule has 0 aliphatic heterocycles. The van der Waals surface area contributed by atoms with Crippen molar-refractivity contribution in [2.45, 2.75) is 0 Å². The highest BCUT2D eigenvalue weighted by Gasteiger charge is 2.10. The van der Waals surface area contributed by atoms with E-state index < -0.39 is 0 Å². The zero-order chi connectivity index (χ0) is 11.0. The van der Waals surface area contributed by atoms with Crippen molar-refractivity contribution >= 4 is 39.9 Å². The van der Waals surface area contributed by atoms with Crippen molar-refractivity contribution in [2.24, 2.45) is 5.73 Å². The summed E-state index contributed by atoms with van der Waals surface area (Å²) in [6.07, 6.45) is 1.51. The number of nitrogen functional groups attached to an aromatic ring is 1. The molecule has 0 aliphatic carbocycles. The summed E-state index contributed by atoms with van der Waals surface area (Å²) in [5.41, 5.74) is 6.49. The van der Waals surface area contributed by atoms with Gasteiger partial charge in [0.15, 0.2) is 0 Å². The van der Waals surface area contributed by atoms with Gasteiger partial charge in [0.2, 0.25) is 0 Å². The van der Waals surface area contributed by atoms with Crippen molar-refractivity contribution in [1.29, 1.82) is 5.41 Å². The van der Waals surface area contributed by atoms with Gasteiger partial charge in [0.1, 0.15) is 5.84 Å². The second kappa shape index (κ2) is 3.68. The van der Waals surface area contributed by atoms with E-state index in [-0.39, 0.29) is 5.84 Å². The Bertz CT molecular complexity index is 552. The van der Waals surface area contributed by atoms with E-state index in [4.69, 9.17) is 34.3 Å². The number of halogens is 2. The molecule has 1 aromatic heterocycles. The van der Waals surface area contributed by atoms with Crippen molar-refractivity contribution in [3.8, 4) is 0 Å². The molecule has 1 aromatic carbocycles. The second-order valence-corrected chi connectivity index (χ2v) is 3.90. The van der Waals surface area contributed by atoms with Crippen molar-refractivity contribution in [3.05, 3.63) is 40.0 Å². The van der Waals surface area contributed by atoms with E-state index in [1.807, 2.05) is 0 Å². The minimum atomic E-state index is -0.0968. The zero-order valence-corrected chi connectivity index (χ0v) is 9.10. The number of rotatable bonds is 1. The summed E-state index contributed by atoms with van der Waals surface area (Å²) in [6.45, 7) is 0. The summed E-state index contributed by atoms with van der Waals surface area (Å²) in [5, 5.41) is 9.21. The molecule has 0 saturated carbocycles. The number of fused-ring (bicyclic) bond motifs is 1. The number of aromatic nitrogens is 1. The molecule has 5 heteroatoms. The summed E-state index contributed by atoms with van der Waals surface area (Å²) in [4.78, 5) is 4.13. The van der Waals surface area contributed by atoms with Crippen LogP contribution < -0.4 is 5.73 Å². The van der Waals surface area contributed by atoms with Gasteiger partial charge in [-0.2, -0.15) is 0 Å². The first-order valence-electron chi connectivity index (χ1n) is 4.18. The molecule has 15 heavy (non-hydrogen) atoms. The van der Waals surface area contributed by atoms with E-state index in [0.717, 1.165) is 5.39 Å². The Morgan fingerprint density at radius 2 is 2.07 bits per heavy atom. The maximum Gasteiger partial charge on any atom is 0.126 e. The number of amidine groups is 1. The molecule has 3 N–H and O–H groups in total. The fourth-order valence-corrected chi connectivity index (χ4v) is 1.83. The maximum absolute atomic E-state index is 7.43. The van der Waals surface area contributed by atoms with Gasteiger partial charge in [0, 0.05) is 11.6 Å². The standard InChI is InChI=1S/C10H7Cl2N3/c11-6-3-5-1-2-7(12)8(10(13)14)9(5)15-4-6/h1-4H,(H3,13,14). The lowest BCUT2D eigenvalue weighted by molar-refractivity contribution is 1.38. The summed E-state index contributed by atoms with van der Waals surface area (Å²) in [7, 11) is 0. The average Bonchev–Trinajstić information content (AvgIpc) is 2.17. The average molecular weight is 240 g/mol. The highest BCUT2D eigenvalue weighted by molar-refractivity contribution is 6.36. The predicted molar refractivity (Wildman–Crippen MR) is 62.8 cm³/mol. The number of nitrogens with zero attached hydrogens (tertiary/aromatic N) is 1. The van der Waals surface area contributed by atoms with Crippen LogP contribution in [0, 0.1) is 5.41 Å². The van der Waals surface area contributed by atoms with E-state index in [2.05, 4.69) is 4.98 Å². The Hall–Kier alpha value is -1.32. The first-order valence-corrected chi connectivity index (χ1v) is 4.93. The van der Waals surface area contributed by atoms with Gasteiger partial charge < -0.3 is 5.73 Å². The number of pyridine rings is 1. The number of hydrogen-bond donors (Lipinski definition) is 2. The van der Waals surface area contributed by atoms with Gasteiger partial charge in [0.05, 0.1) is 21.1 Å². The Labute approximate surface area is 96.3 Å². The molecule has 0 saturated heterocycles. The van der Waals surface area contributed by atoms with Gasteiger partial charge in [-0.15, -0.1) is 0 Å². The Morgan fingerprint density at radius 1 is 1.33 bits per heavy atom. The maximum atomic E-state index is 7.43. The molecular weight excluding hydrogens is 233 g/mol. The van der Waals surface area contributed by atoms with Crippen LogP contribution in [0.15, 0.2) is 24.4 Å². The van der Waals surface area contributed by atoms with Crippen LogP contribution in [0.1, 0.15) is 5.56 Å². The van der Waals surface area contributed by atoms with E-state index in [9.17, 15) is 0 Å². The molecule has 2 rings (SSSR count). The SMILES string of the molecule is N=C(N)c1c(Cl)ccc2cc(Cl)cnc12. The molecule has 1 heterocycles.